The summed E-state index contributed by atoms with van der Waals surface area (Å²) in [5, 5.41) is 9.15. The maximum Gasteiger partial charge on any atom is 0.199 e. The molecule has 1 aliphatic rings. The van der Waals surface area contributed by atoms with Crippen molar-refractivity contribution < 1.29 is 19.3 Å². The van der Waals surface area contributed by atoms with Crippen molar-refractivity contribution in [1.82, 2.24) is 0 Å². The van der Waals surface area contributed by atoms with Gasteiger partial charge in [0.2, 0.25) is 0 Å². The quantitative estimate of drug-likeness (QED) is 0.819. The van der Waals surface area contributed by atoms with Crippen molar-refractivity contribution in [2.24, 2.45) is 0 Å². The fourth-order valence-electron chi connectivity index (χ4n) is 1.78. The maximum absolute atomic E-state index is 9.15. The van der Waals surface area contributed by atoms with Crippen molar-refractivity contribution in [2.45, 2.75) is 38.8 Å². The molecule has 0 amide bonds. The van der Waals surface area contributed by atoms with Gasteiger partial charge in [-0.1, -0.05) is 0 Å². The zero-order valence-corrected chi connectivity index (χ0v) is 9.96. The van der Waals surface area contributed by atoms with Crippen LogP contribution in [0.1, 0.15) is 26.2 Å². The molecule has 0 saturated carbocycles. The molecule has 1 aliphatic heterocycles. The van der Waals surface area contributed by atoms with Crippen molar-refractivity contribution in [2.75, 3.05) is 6.61 Å². The Morgan fingerprint density at radius 2 is 2.06 bits per heavy atom. The summed E-state index contributed by atoms with van der Waals surface area (Å²) in [5.74, 6) is 0.896. The number of hydrogen-bond acceptors (Lipinski definition) is 4. The van der Waals surface area contributed by atoms with E-state index < -0.39 is 0 Å². The predicted octanol–water partition coefficient (Wildman–Crippen LogP) is 2.66. The zero-order chi connectivity index (χ0) is 12.1. The zero-order valence-electron chi connectivity index (χ0n) is 9.96. The Morgan fingerprint density at radius 1 is 1.29 bits per heavy atom. The molecule has 0 aliphatic carbocycles. The van der Waals surface area contributed by atoms with Crippen molar-refractivity contribution >= 4 is 0 Å². The van der Waals surface area contributed by atoms with Gasteiger partial charge in [-0.3, -0.25) is 0 Å². The summed E-state index contributed by atoms with van der Waals surface area (Å²) in [4.78, 5) is 0. The second-order valence-electron chi connectivity index (χ2n) is 4.11. The van der Waals surface area contributed by atoms with Gasteiger partial charge in [-0.2, -0.15) is 0 Å². The van der Waals surface area contributed by atoms with Gasteiger partial charge in [0.25, 0.3) is 0 Å². The van der Waals surface area contributed by atoms with E-state index in [2.05, 4.69) is 0 Å². The molecule has 2 unspecified atom stereocenters. The third kappa shape index (κ3) is 3.91. The molecule has 1 saturated heterocycles. The van der Waals surface area contributed by atoms with Gasteiger partial charge in [-0.05, 0) is 50.5 Å². The fourth-order valence-corrected chi connectivity index (χ4v) is 1.78. The van der Waals surface area contributed by atoms with Gasteiger partial charge in [-0.15, -0.1) is 0 Å². The first kappa shape index (κ1) is 12.2. The van der Waals surface area contributed by atoms with E-state index in [4.69, 9.17) is 19.3 Å². The van der Waals surface area contributed by atoms with E-state index in [0.29, 0.717) is 5.75 Å². The van der Waals surface area contributed by atoms with Crippen LogP contribution < -0.4 is 4.74 Å². The Morgan fingerprint density at radius 3 is 2.71 bits per heavy atom. The van der Waals surface area contributed by atoms with Crippen LogP contribution in [0.25, 0.3) is 0 Å². The van der Waals surface area contributed by atoms with Crippen LogP contribution in [-0.4, -0.2) is 24.3 Å². The third-order valence-electron chi connectivity index (χ3n) is 2.62. The number of aromatic hydroxyl groups is 1. The van der Waals surface area contributed by atoms with E-state index in [0.717, 1.165) is 25.9 Å². The van der Waals surface area contributed by atoms with Crippen LogP contribution in [0.4, 0.5) is 0 Å². The van der Waals surface area contributed by atoms with Crippen LogP contribution in [0, 0.1) is 0 Å². The van der Waals surface area contributed by atoms with Crippen LogP contribution in [0.2, 0.25) is 0 Å². The lowest BCUT2D eigenvalue weighted by atomic mass is 10.2. The van der Waals surface area contributed by atoms with Crippen LogP contribution in [0.5, 0.6) is 11.5 Å². The molecule has 94 valence electrons. The van der Waals surface area contributed by atoms with Crippen LogP contribution in [0.3, 0.4) is 0 Å². The molecule has 0 bridgehead atoms. The molecule has 4 nitrogen and oxygen atoms in total. The highest BCUT2D eigenvalue weighted by Crippen LogP contribution is 2.20. The van der Waals surface area contributed by atoms with Crippen molar-refractivity contribution in [3.63, 3.8) is 0 Å². The van der Waals surface area contributed by atoms with Gasteiger partial charge in [0.05, 0.1) is 0 Å². The van der Waals surface area contributed by atoms with Crippen LogP contribution in [-0.2, 0) is 9.47 Å². The molecule has 0 aromatic heterocycles. The van der Waals surface area contributed by atoms with E-state index >= 15 is 0 Å². The lowest BCUT2D eigenvalue weighted by Gasteiger charge is -2.26. The van der Waals surface area contributed by atoms with Crippen LogP contribution >= 0.6 is 0 Å². The summed E-state index contributed by atoms with van der Waals surface area (Å²) in [7, 11) is 0. The van der Waals surface area contributed by atoms with Gasteiger partial charge >= 0.3 is 0 Å². The average Bonchev–Trinajstić information content (AvgIpc) is 2.33. The molecule has 17 heavy (non-hydrogen) atoms. The summed E-state index contributed by atoms with van der Waals surface area (Å²) >= 11 is 0. The second kappa shape index (κ2) is 5.89. The lowest BCUT2D eigenvalue weighted by Crippen LogP contribution is -2.29. The first-order chi connectivity index (χ1) is 8.24. The smallest absolute Gasteiger partial charge is 0.199 e. The summed E-state index contributed by atoms with van der Waals surface area (Å²) in [6, 6.07) is 6.58. The molecule has 1 N–H and O–H groups in total. The van der Waals surface area contributed by atoms with Gasteiger partial charge in [0.15, 0.2) is 12.6 Å². The van der Waals surface area contributed by atoms with E-state index in [1.165, 1.54) is 0 Å². The summed E-state index contributed by atoms with van der Waals surface area (Å²) in [5.41, 5.74) is 0. The molecule has 2 rings (SSSR count). The Hall–Kier alpha value is -1.26. The number of ether oxygens (including phenoxy) is 3. The van der Waals surface area contributed by atoms with Crippen molar-refractivity contribution in [1.29, 1.82) is 0 Å². The van der Waals surface area contributed by atoms with Gasteiger partial charge in [0, 0.05) is 6.61 Å². The number of phenolic OH excluding ortho intramolecular Hbond substituents is 1. The topological polar surface area (TPSA) is 47.9 Å². The molecule has 1 fully saturated rings. The van der Waals surface area contributed by atoms with Gasteiger partial charge in [-0.25, -0.2) is 0 Å². The van der Waals surface area contributed by atoms with E-state index in [1.807, 2.05) is 6.92 Å². The van der Waals surface area contributed by atoms with Crippen LogP contribution in [0.15, 0.2) is 24.3 Å². The SMILES string of the molecule is CC(Oc1ccc(O)cc1)OC1CCCCO1. The number of benzene rings is 1. The molecule has 0 spiro atoms. The van der Waals surface area contributed by atoms with Gasteiger partial charge < -0.3 is 19.3 Å². The highest BCUT2D eigenvalue weighted by atomic mass is 16.8. The highest BCUT2D eigenvalue weighted by molar-refractivity contribution is 5.30. The fraction of sp³-hybridized carbons (Fsp3) is 0.538. The van der Waals surface area contributed by atoms with Gasteiger partial charge in [0.1, 0.15) is 11.5 Å². The molecule has 1 aromatic carbocycles. The molecule has 4 heteroatoms. The van der Waals surface area contributed by atoms with E-state index in [-0.39, 0.29) is 18.3 Å². The van der Waals surface area contributed by atoms with E-state index in [1.54, 1.807) is 24.3 Å². The monoisotopic (exact) mass is 238 g/mol. The largest absolute Gasteiger partial charge is 0.508 e. The first-order valence-electron chi connectivity index (χ1n) is 5.97. The Balaban J connectivity index is 1.79. The third-order valence-corrected chi connectivity index (χ3v) is 2.62. The number of phenols is 1. The second-order valence-corrected chi connectivity index (χ2v) is 4.11. The van der Waals surface area contributed by atoms with Crippen molar-refractivity contribution in [3.05, 3.63) is 24.3 Å². The molecule has 1 heterocycles. The Kier molecular flexibility index (Phi) is 4.23. The molecular formula is C13H18O4. The summed E-state index contributed by atoms with van der Waals surface area (Å²) in [6.07, 6.45) is 2.64. The number of rotatable bonds is 4. The number of hydrogen-bond donors (Lipinski definition) is 1. The first-order valence-corrected chi connectivity index (χ1v) is 5.97. The standard InChI is InChI=1S/C13H18O4/c1-10(17-13-4-2-3-9-15-13)16-12-7-5-11(14)6-8-12/h5-8,10,13-14H,2-4,9H2,1H3. The minimum Gasteiger partial charge on any atom is -0.508 e. The summed E-state index contributed by atoms with van der Waals surface area (Å²) < 4.78 is 16.6. The minimum absolute atomic E-state index is 0.157. The minimum atomic E-state index is -0.359. The molecule has 2 atom stereocenters. The van der Waals surface area contributed by atoms with E-state index in [9.17, 15) is 0 Å². The predicted molar refractivity (Wildman–Crippen MR) is 62.9 cm³/mol. The molecule has 1 aromatic rings. The lowest BCUT2D eigenvalue weighted by molar-refractivity contribution is -0.225. The molecular weight excluding hydrogens is 220 g/mol. The maximum atomic E-state index is 9.15. The summed E-state index contributed by atoms with van der Waals surface area (Å²) in [6.45, 7) is 2.60. The molecule has 0 radical (unpaired) electrons. The Labute approximate surface area is 101 Å². The normalized spacial score (nSPS) is 22.1. The average molecular weight is 238 g/mol. The highest BCUT2D eigenvalue weighted by Gasteiger charge is 2.17. The van der Waals surface area contributed by atoms with Crippen molar-refractivity contribution in [3.8, 4) is 11.5 Å². The Bertz CT molecular complexity index is 330.